The van der Waals surface area contributed by atoms with Gasteiger partial charge in [0.25, 0.3) is 0 Å². The maximum atomic E-state index is 12.5. The number of nitrogens with zero attached hydrogens (tertiary/aromatic N) is 1. The summed E-state index contributed by atoms with van der Waals surface area (Å²) in [4.78, 5) is 38.1. The smallest absolute Gasteiger partial charge is 0.341 e. The molecule has 0 fully saturated rings. The van der Waals surface area contributed by atoms with Crippen molar-refractivity contribution in [2.75, 3.05) is 19.5 Å². The Morgan fingerprint density at radius 3 is 2.56 bits per heavy atom. The molecule has 2 amide bonds. The lowest BCUT2D eigenvalue weighted by Crippen LogP contribution is -2.32. The summed E-state index contributed by atoms with van der Waals surface area (Å²) in [7, 11) is 2.75. The van der Waals surface area contributed by atoms with Crippen LogP contribution in [0.4, 0.5) is 5.00 Å². The number of anilines is 1. The molecule has 0 aliphatic heterocycles. The standard InChI is InChI=1S/C26H22BrCl2N3O6S/c1-36-19-10-13(9-16(27)22(19)38-12-15-17(28)6-4-7-18(15)29)11-30-32-24(34)23(33)31-25-21(26(35)37-2)14-5-3-8-20(14)39-25/h4,6-7,9-11H,3,5,8,12H2,1-2H3,(H,31,33)(H,32,34). The van der Waals surface area contributed by atoms with Crippen LogP contribution in [0.3, 0.4) is 0 Å². The van der Waals surface area contributed by atoms with Gasteiger partial charge in [0.1, 0.15) is 11.6 Å². The fourth-order valence-corrected chi connectivity index (χ4v) is 6.31. The Kier molecular flexibility index (Phi) is 9.49. The first-order chi connectivity index (χ1) is 18.7. The van der Waals surface area contributed by atoms with Crippen LogP contribution >= 0.6 is 50.5 Å². The normalized spacial score (nSPS) is 12.2. The molecule has 1 aliphatic rings. The van der Waals surface area contributed by atoms with Gasteiger partial charge in [-0.15, -0.1) is 11.3 Å². The van der Waals surface area contributed by atoms with Crippen LogP contribution in [0.2, 0.25) is 10.0 Å². The number of thiophene rings is 1. The highest BCUT2D eigenvalue weighted by Gasteiger charge is 2.29. The van der Waals surface area contributed by atoms with E-state index in [0.717, 1.165) is 29.7 Å². The minimum absolute atomic E-state index is 0.108. The second-order valence-corrected chi connectivity index (χ2v) is 11.0. The van der Waals surface area contributed by atoms with Gasteiger partial charge in [-0.25, -0.2) is 10.2 Å². The lowest BCUT2D eigenvalue weighted by atomic mass is 10.1. The number of hydrazone groups is 1. The second-order valence-electron chi connectivity index (χ2n) is 8.23. The van der Waals surface area contributed by atoms with Crippen molar-refractivity contribution in [2.45, 2.75) is 25.9 Å². The third-order valence-electron chi connectivity index (χ3n) is 5.80. The van der Waals surface area contributed by atoms with Crippen LogP contribution in [-0.2, 0) is 33.8 Å². The van der Waals surface area contributed by atoms with E-state index >= 15 is 0 Å². The minimum atomic E-state index is -1.00. The van der Waals surface area contributed by atoms with Crippen molar-refractivity contribution in [3.63, 3.8) is 0 Å². The van der Waals surface area contributed by atoms with Crippen molar-refractivity contribution in [3.8, 4) is 11.5 Å². The Morgan fingerprint density at radius 1 is 1.13 bits per heavy atom. The molecule has 1 heterocycles. The number of ether oxygens (including phenoxy) is 3. The predicted octanol–water partition coefficient (Wildman–Crippen LogP) is 5.77. The van der Waals surface area contributed by atoms with E-state index < -0.39 is 17.8 Å². The van der Waals surface area contributed by atoms with E-state index in [9.17, 15) is 14.4 Å². The van der Waals surface area contributed by atoms with Crippen LogP contribution in [-0.4, -0.2) is 38.2 Å². The molecule has 3 aromatic rings. The first-order valence-electron chi connectivity index (χ1n) is 11.5. The summed E-state index contributed by atoms with van der Waals surface area (Å²) in [5.74, 6) is -1.71. The number of carbonyl (C=O) groups excluding carboxylic acids is 3. The van der Waals surface area contributed by atoms with Crippen LogP contribution in [0.15, 0.2) is 39.9 Å². The van der Waals surface area contributed by atoms with Crippen molar-refractivity contribution in [1.82, 2.24) is 5.43 Å². The van der Waals surface area contributed by atoms with Gasteiger partial charge < -0.3 is 19.5 Å². The number of carbonyl (C=O) groups is 3. The second kappa shape index (κ2) is 12.8. The van der Waals surface area contributed by atoms with Gasteiger partial charge in [-0.1, -0.05) is 29.3 Å². The van der Waals surface area contributed by atoms with E-state index in [1.165, 1.54) is 31.8 Å². The summed E-state index contributed by atoms with van der Waals surface area (Å²) in [6, 6.07) is 8.51. The Labute approximate surface area is 246 Å². The topological polar surface area (TPSA) is 115 Å². The molecule has 2 N–H and O–H groups in total. The summed E-state index contributed by atoms with van der Waals surface area (Å²) in [5, 5.41) is 7.61. The predicted molar refractivity (Wildman–Crippen MR) is 154 cm³/mol. The van der Waals surface area contributed by atoms with Gasteiger partial charge >= 0.3 is 17.8 Å². The molecule has 0 saturated carbocycles. The van der Waals surface area contributed by atoms with Crippen molar-refractivity contribution >= 4 is 79.5 Å². The summed E-state index contributed by atoms with van der Waals surface area (Å²) in [6.45, 7) is 0.108. The fourth-order valence-electron chi connectivity index (χ4n) is 3.96. The molecule has 2 aromatic carbocycles. The molecule has 0 unspecified atom stereocenters. The van der Waals surface area contributed by atoms with Crippen LogP contribution in [0.5, 0.6) is 11.5 Å². The number of fused-ring (bicyclic) bond motifs is 1. The van der Waals surface area contributed by atoms with E-state index in [-0.39, 0.29) is 11.6 Å². The molecule has 1 aliphatic carbocycles. The average molecular weight is 655 g/mol. The van der Waals surface area contributed by atoms with E-state index in [0.29, 0.717) is 42.7 Å². The van der Waals surface area contributed by atoms with Crippen molar-refractivity contribution in [1.29, 1.82) is 0 Å². The summed E-state index contributed by atoms with van der Waals surface area (Å²) >= 11 is 17.2. The summed E-state index contributed by atoms with van der Waals surface area (Å²) < 4.78 is 16.8. The van der Waals surface area contributed by atoms with Gasteiger partial charge in [0.05, 0.1) is 30.5 Å². The highest BCUT2D eigenvalue weighted by atomic mass is 79.9. The number of methoxy groups -OCH3 is 2. The number of rotatable bonds is 8. The molecular formula is C26H22BrCl2N3O6S. The highest BCUT2D eigenvalue weighted by molar-refractivity contribution is 9.10. The largest absolute Gasteiger partial charge is 0.493 e. The molecule has 39 heavy (non-hydrogen) atoms. The summed E-state index contributed by atoms with van der Waals surface area (Å²) in [6.07, 6.45) is 3.80. The van der Waals surface area contributed by atoms with E-state index in [1.807, 2.05) is 0 Å². The van der Waals surface area contributed by atoms with Crippen LogP contribution < -0.4 is 20.2 Å². The minimum Gasteiger partial charge on any atom is -0.493 e. The number of nitrogens with one attached hydrogen (secondary N) is 2. The zero-order chi connectivity index (χ0) is 28.1. The van der Waals surface area contributed by atoms with Crippen molar-refractivity contribution < 1.29 is 28.6 Å². The van der Waals surface area contributed by atoms with Crippen LogP contribution in [0.25, 0.3) is 0 Å². The number of hydrogen-bond donors (Lipinski definition) is 2. The van der Waals surface area contributed by atoms with Crippen molar-refractivity contribution in [3.05, 3.63) is 72.0 Å². The molecule has 0 radical (unpaired) electrons. The van der Waals surface area contributed by atoms with Gasteiger partial charge in [-0.3, -0.25) is 9.59 Å². The van der Waals surface area contributed by atoms with Gasteiger partial charge in [0.2, 0.25) is 0 Å². The van der Waals surface area contributed by atoms with Gasteiger partial charge in [0, 0.05) is 20.5 Å². The van der Waals surface area contributed by atoms with Gasteiger partial charge in [-0.2, -0.15) is 5.10 Å². The maximum absolute atomic E-state index is 12.5. The first-order valence-corrected chi connectivity index (χ1v) is 13.9. The third kappa shape index (κ3) is 6.55. The number of amides is 2. The zero-order valence-corrected chi connectivity index (χ0v) is 24.6. The SMILES string of the molecule is COC(=O)c1c(NC(=O)C(=O)NN=Cc2cc(Br)c(OCc3c(Cl)cccc3Cl)c(OC)c2)sc2c1CCC2. The number of hydrogen-bond acceptors (Lipinski definition) is 8. The van der Waals surface area contributed by atoms with Crippen LogP contribution in [0.1, 0.15) is 38.3 Å². The van der Waals surface area contributed by atoms with Gasteiger partial charge in [0.15, 0.2) is 11.5 Å². The molecule has 0 bridgehead atoms. The molecular weight excluding hydrogens is 633 g/mol. The highest BCUT2D eigenvalue weighted by Crippen LogP contribution is 2.40. The number of esters is 1. The molecule has 0 spiro atoms. The van der Waals surface area contributed by atoms with Crippen molar-refractivity contribution in [2.24, 2.45) is 5.10 Å². The molecule has 204 valence electrons. The average Bonchev–Trinajstić information content (AvgIpc) is 3.49. The lowest BCUT2D eigenvalue weighted by Gasteiger charge is -2.14. The molecule has 4 rings (SSSR count). The van der Waals surface area contributed by atoms with Crippen LogP contribution in [0, 0.1) is 0 Å². The molecule has 1 aromatic heterocycles. The van der Waals surface area contributed by atoms with E-state index in [4.69, 9.17) is 37.4 Å². The fraction of sp³-hybridized carbons (Fsp3) is 0.231. The molecule has 13 heteroatoms. The first kappa shape index (κ1) is 28.9. The monoisotopic (exact) mass is 653 g/mol. The third-order valence-corrected chi connectivity index (χ3v) is 8.30. The summed E-state index contributed by atoms with van der Waals surface area (Å²) in [5.41, 5.74) is 4.53. The Balaban J connectivity index is 1.41. The Hall–Kier alpha value is -3.12. The quantitative estimate of drug-likeness (QED) is 0.138. The zero-order valence-electron chi connectivity index (χ0n) is 20.7. The molecule has 0 atom stereocenters. The maximum Gasteiger partial charge on any atom is 0.341 e. The molecule has 0 saturated heterocycles. The Morgan fingerprint density at radius 2 is 1.87 bits per heavy atom. The van der Waals surface area contributed by atoms with E-state index in [1.54, 1.807) is 30.3 Å². The Bertz CT molecular complexity index is 1460. The van der Waals surface area contributed by atoms with E-state index in [2.05, 4.69) is 31.8 Å². The number of benzene rings is 2. The van der Waals surface area contributed by atoms with Gasteiger partial charge in [-0.05, 0) is 70.6 Å². The number of halogens is 3. The number of aryl methyl sites for hydroxylation is 1. The molecule has 9 nitrogen and oxygen atoms in total. The lowest BCUT2D eigenvalue weighted by molar-refractivity contribution is -0.136.